The van der Waals surface area contributed by atoms with Gasteiger partial charge in [0.1, 0.15) is 5.84 Å². The van der Waals surface area contributed by atoms with E-state index in [1.165, 1.54) is 18.4 Å². The molecule has 2 nitrogen and oxygen atoms in total. The first-order valence-corrected chi connectivity index (χ1v) is 4.80. The Morgan fingerprint density at radius 2 is 1.86 bits per heavy atom. The van der Waals surface area contributed by atoms with Gasteiger partial charge in [0, 0.05) is 18.7 Å². The SMILES string of the molecule is Cl.c1ccc(C2=NCCCCN2)cc1. The third kappa shape index (κ3) is 2.74. The molecule has 0 spiro atoms. The molecule has 76 valence electrons. The molecule has 0 atom stereocenters. The monoisotopic (exact) mass is 210 g/mol. The van der Waals surface area contributed by atoms with Crippen LogP contribution in [0.3, 0.4) is 0 Å². The lowest BCUT2D eigenvalue weighted by Crippen LogP contribution is -2.23. The van der Waals surface area contributed by atoms with Gasteiger partial charge in [-0.3, -0.25) is 4.99 Å². The first-order chi connectivity index (χ1) is 6.47. The molecule has 0 saturated carbocycles. The Balaban J connectivity index is 0.000000980. The maximum absolute atomic E-state index is 4.50. The summed E-state index contributed by atoms with van der Waals surface area (Å²) in [6.07, 6.45) is 2.42. The maximum Gasteiger partial charge on any atom is 0.128 e. The first kappa shape index (κ1) is 11.1. The molecule has 0 bridgehead atoms. The molecule has 3 heteroatoms. The van der Waals surface area contributed by atoms with E-state index in [0.29, 0.717) is 0 Å². The highest BCUT2D eigenvalue weighted by atomic mass is 35.5. The fourth-order valence-electron chi connectivity index (χ4n) is 1.48. The van der Waals surface area contributed by atoms with Crippen LogP contribution in [0.15, 0.2) is 35.3 Å². The van der Waals surface area contributed by atoms with Crippen LogP contribution in [0.25, 0.3) is 0 Å². The standard InChI is InChI=1S/C11H14N2.ClH/c1-2-6-10(7-3-1)11-12-8-4-5-9-13-11;/h1-3,6-7H,4-5,8-9H2,(H,12,13);1H. The number of benzene rings is 1. The molecule has 0 saturated heterocycles. The molecule has 1 N–H and O–H groups in total. The summed E-state index contributed by atoms with van der Waals surface area (Å²) < 4.78 is 0. The lowest BCUT2D eigenvalue weighted by Gasteiger charge is -2.05. The van der Waals surface area contributed by atoms with E-state index in [4.69, 9.17) is 0 Å². The van der Waals surface area contributed by atoms with Crippen molar-refractivity contribution in [3.05, 3.63) is 35.9 Å². The summed E-state index contributed by atoms with van der Waals surface area (Å²) in [5.41, 5.74) is 1.20. The molecular weight excluding hydrogens is 196 g/mol. The average molecular weight is 211 g/mol. The molecular formula is C11H15ClN2. The zero-order valence-corrected chi connectivity index (χ0v) is 8.89. The summed E-state index contributed by atoms with van der Waals surface area (Å²) in [5.74, 6) is 1.05. The summed E-state index contributed by atoms with van der Waals surface area (Å²) in [4.78, 5) is 4.50. The topological polar surface area (TPSA) is 24.4 Å². The van der Waals surface area contributed by atoms with Crippen molar-refractivity contribution in [2.75, 3.05) is 13.1 Å². The van der Waals surface area contributed by atoms with Gasteiger partial charge < -0.3 is 5.32 Å². The van der Waals surface area contributed by atoms with Crippen LogP contribution in [0.2, 0.25) is 0 Å². The third-order valence-electron chi connectivity index (χ3n) is 2.19. The van der Waals surface area contributed by atoms with E-state index in [-0.39, 0.29) is 12.4 Å². The predicted octanol–water partition coefficient (Wildman–Crippen LogP) is 2.24. The second-order valence-electron chi connectivity index (χ2n) is 3.23. The fraction of sp³-hybridized carbons (Fsp3) is 0.364. The van der Waals surface area contributed by atoms with Gasteiger partial charge in [-0.15, -0.1) is 12.4 Å². The van der Waals surface area contributed by atoms with Gasteiger partial charge in [0.2, 0.25) is 0 Å². The molecule has 0 fully saturated rings. The van der Waals surface area contributed by atoms with E-state index in [9.17, 15) is 0 Å². The van der Waals surface area contributed by atoms with Crippen LogP contribution in [0, 0.1) is 0 Å². The number of hydrogen-bond acceptors (Lipinski definition) is 2. The van der Waals surface area contributed by atoms with Gasteiger partial charge in [-0.05, 0) is 12.8 Å². The van der Waals surface area contributed by atoms with Crippen molar-refractivity contribution >= 4 is 18.2 Å². The van der Waals surface area contributed by atoms with Crippen molar-refractivity contribution in [1.29, 1.82) is 0 Å². The van der Waals surface area contributed by atoms with Gasteiger partial charge in [0.05, 0.1) is 0 Å². The van der Waals surface area contributed by atoms with Crippen LogP contribution in [0.4, 0.5) is 0 Å². The van der Waals surface area contributed by atoms with E-state index in [0.717, 1.165) is 18.9 Å². The van der Waals surface area contributed by atoms with Gasteiger partial charge in [-0.2, -0.15) is 0 Å². The van der Waals surface area contributed by atoms with Gasteiger partial charge in [0.15, 0.2) is 0 Å². The van der Waals surface area contributed by atoms with E-state index in [2.05, 4.69) is 22.4 Å². The van der Waals surface area contributed by atoms with E-state index in [1.54, 1.807) is 0 Å². The highest BCUT2D eigenvalue weighted by molar-refractivity contribution is 5.98. The minimum atomic E-state index is 0. The molecule has 0 radical (unpaired) electrons. The normalized spacial score (nSPS) is 15.9. The molecule has 1 heterocycles. The van der Waals surface area contributed by atoms with Crippen molar-refractivity contribution in [3.8, 4) is 0 Å². The number of aliphatic imine (C=N–C) groups is 1. The Morgan fingerprint density at radius 3 is 2.64 bits per heavy atom. The Morgan fingerprint density at radius 1 is 1.07 bits per heavy atom. The van der Waals surface area contributed by atoms with Crippen LogP contribution in [-0.2, 0) is 0 Å². The first-order valence-electron chi connectivity index (χ1n) is 4.80. The lowest BCUT2D eigenvalue weighted by atomic mass is 10.2. The zero-order valence-electron chi connectivity index (χ0n) is 8.07. The van der Waals surface area contributed by atoms with E-state index in [1.807, 2.05) is 18.2 Å². The summed E-state index contributed by atoms with van der Waals surface area (Å²) in [5, 5.41) is 3.35. The molecule has 1 aromatic rings. The molecule has 0 unspecified atom stereocenters. The van der Waals surface area contributed by atoms with Gasteiger partial charge in [0.25, 0.3) is 0 Å². The minimum Gasteiger partial charge on any atom is -0.370 e. The van der Waals surface area contributed by atoms with Crippen molar-refractivity contribution < 1.29 is 0 Å². The number of hydrogen-bond donors (Lipinski definition) is 1. The maximum atomic E-state index is 4.50. The van der Waals surface area contributed by atoms with Crippen molar-refractivity contribution in [2.24, 2.45) is 4.99 Å². The number of nitrogens with zero attached hydrogens (tertiary/aromatic N) is 1. The molecule has 1 aromatic carbocycles. The summed E-state index contributed by atoms with van der Waals surface area (Å²) in [6.45, 7) is 2.00. The largest absolute Gasteiger partial charge is 0.370 e. The molecule has 0 aromatic heterocycles. The number of amidine groups is 1. The molecule has 2 rings (SSSR count). The summed E-state index contributed by atoms with van der Waals surface area (Å²) in [7, 11) is 0. The third-order valence-corrected chi connectivity index (χ3v) is 2.19. The van der Waals surface area contributed by atoms with Crippen molar-refractivity contribution in [2.45, 2.75) is 12.8 Å². The molecule has 14 heavy (non-hydrogen) atoms. The number of halogens is 1. The summed E-state index contributed by atoms with van der Waals surface area (Å²) in [6, 6.07) is 10.3. The van der Waals surface area contributed by atoms with Crippen LogP contribution >= 0.6 is 12.4 Å². The predicted molar refractivity (Wildman–Crippen MR) is 62.3 cm³/mol. The average Bonchev–Trinajstić information content (AvgIpc) is 2.47. The number of rotatable bonds is 1. The molecule has 0 aliphatic carbocycles. The lowest BCUT2D eigenvalue weighted by molar-refractivity contribution is 0.749. The fourth-order valence-corrected chi connectivity index (χ4v) is 1.48. The van der Waals surface area contributed by atoms with Crippen LogP contribution in [-0.4, -0.2) is 18.9 Å². The Labute approximate surface area is 90.8 Å². The second kappa shape index (κ2) is 5.66. The van der Waals surface area contributed by atoms with Gasteiger partial charge in [-0.25, -0.2) is 0 Å². The van der Waals surface area contributed by atoms with E-state index < -0.39 is 0 Å². The quantitative estimate of drug-likeness (QED) is 0.756. The van der Waals surface area contributed by atoms with Gasteiger partial charge >= 0.3 is 0 Å². The number of nitrogens with one attached hydrogen (secondary N) is 1. The molecule has 1 aliphatic rings. The smallest absolute Gasteiger partial charge is 0.128 e. The molecule has 0 amide bonds. The van der Waals surface area contributed by atoms with Crippen LogP contribution in [0.1, 0.15) is 18.4 Å². The van der Waals surface area contributed by atoms with Crippen LogP contribution in [0.5, 0.6) is 0 Å². The zero-order chi connectivity index (χ0) is 8.93. The summed E-state index contributed by atoms with van der Waals surface area (Å²) >= 11 is 0. The van der Waals surface area contributed by atoms with E-state index >= 15 is 0 Å². The Bertz CT molecular complexity index is 295. The molecule has 1 aliphatic heterocycles. The highest BCUT2D eigenvalue weighted by Gasteiger charge is 2.03. The van der Waals surface area contributed by atoms with Crippen LogP contribution < -0.4 is 5.32 Å². The Hall–Kier alpha value is -1.02. The second-order valence-corrected chi connectivity index (χ2v) is 3.23. The Kier molecular flexibility index (Phi) is 4.47. The van der Waals surface area contributed by atoms with Gasteiger partial charge in [-0.1, -0.05) is 30.3 Å². The van der Waals surface area contributed by atoms with Crippen molar-refractivity contribution in [1.82, 2.24) is 5.32 Å². The minimum absolute atomic E-state index is 0. The highest BCUT2D eigenvalue weighted by Crippen LogP contribution is 2.03. The van der Waals surface area contributed by atoms with Crippen molar-refractivity contribution in [3.63, 3.8) is 0 Å².